The number of aromatic nitrogens is 1. The van der Waals surface area contributed by atoms with Crippen LogP contribution in [0.4, 0.5) is 0 Å². The number of nitrogens with zero attached hydrogens (tertiary/aromatic N) is 1. The molecule has 0 aromatic carbocycles. The lowest BCUT2D eigenvalue weighted by atomic mass is 10.1. The minimum absolute atomic E-state index is 0.195. The lowest BCUT2D eigenvalue weighted by Crippen LogP contribution is -2.39. The van der Waals surface area contributed by atoms with Crippen molar-refractivity contribution in [2.24, 2.45) is 0 Å². The van der Waals surface area contributed by atoms with E-state index in [4.69, 9.17) is 0 Å². The van der Waals surface area contributed by atoms with Gasteiger partial charge in [-0.15, -0.1) is 0 Å². The van der Waals surface area contributed by atoms with Gasteiger partial charge in [0.15, 0.2) is 0 Å². The summed E-state index contributed by atoms with van der Waals surface area (Å²) >= 11 is 0. The Balaban J connectivity index is 2.77. The van der Waals surface area contributed by atoms with E-state index in [0.717, 1.165) is 6.42 Å². The van der Waals surface area contributed by atoms with Crippen molar-refractivity contribution in [1.29, 1.82) is 0 Å². The van der Waals surface area contributed by atoms with Gasteiger partial charge in [-0.05, 0) is 51.3 Å². The number of hydrogen-bond acceptors (Lipinski definition) is 0. The van der Waals surface area contributed by atoms with Gasteiger partial charge in [0.1, 0.15) is 0 Å². The lowest BCUT2D eigenvalue weighted by Gasteiger charge is -2.25. The van der Waals surface area contributed by atoms with Gasteiger partial charge >= 0.3 is 0 Å². The summed E-state index contributed by atoms with van der Waals surface area (Å²) in [5, 5.41) is 2.87. The Morgan fingerprint density at radius 3 is 2.47 bits per heavy atom. The van der Waals surface area contributed by atoms with Gasteiger partial charge < -0.3 is 4.57 Å². The topological polar surface area (TPSA) is 4.93 Å². The Hall–Kier alpha value is -0.980. The first kappa shape index (κ1) is 10.5. The van der Waals surface area contributed by atoms with Gasteiger partial charge in [0.05, 0.1) is 0 Å². The van der Waals surface area contributed by atoms with Crippen LogP contribution >= 0.6 is 0 Å². The Bertz CT molecular complexity index is 469. The summed E-state index contributed by atoms with van der Waals surface area (Å²) in [5.74, 6) is 0. The smallest absolute Gasteiger partial charge is 0.0443 e. The molecule has 1 aromatic rings. The van der Waals surface area contributed by atoms with Crippen LogP contribution < -0.4 is 10.6 Å². The normalized spacial score (nSPS) is 15.5. The van der Waals surface area contributed by atoms with Gasteiger partial charge in [-0.3, -0.25) is 0 Å². The van der Waals surface area contributed by atoms with Crippen molar-refractivity contribution in [3.63, 3.8) is 0 Å². The maximum absolute atomic E-state index is 2.50. The van der Waals surface area contributed by atoms with Crippen molar-refractivity contribution in [2.45, 2.75) is 52.5 Å². The van der Waals surface area contributed by atoms with E-state index in [1.54, 1.807) is 0 Å². The van der Waals surface area contributed by atoms with Crippen molar-refractivity contribution in [3.05, 3.63) is 22.3 Å². The van der Waals surface area contributed by atoms with Gasteiger partial charge in [0.25, 0.3) is 0 Å². The molecule has 0 saturated heterocycles. The molecule has 0 fully saturated rings. The molecule has 1 aliphatic rings. The molecule has 0 amide bonds. The zero-order valence-electron chi connectivity index (χ0n) is 10.3. The number of aryl methyl sites for hydroxylation is 1. The molecule has 2 rings (SSSR count). The third-order valence-electron chi connectivity index (χ3n) is 3.05. The monoisotopic (exact) mass is 203 g/mol. The highest BCUT2D eigenvalue weighted by molar-refractivity contribution is 5.38. The molecule has 0 radical (unpaired) electrons. The predicted molar refractivity (Wildman–Crippen MR) is 66.2 cm³/mol. The van der Waals surface area contributed by atoms with Crippen molar-refractivity contribution >= 4 is 12.2 Å². The molecule has 1 heteroatoms. The van der Waals surface area contributed by atoms with Crippen LogP contribution in [0.3, 0.4) is 0 Å². The summed E-state index contributed by atoms with van der Waals surface area (Å²) in [5.41, 5.74) is 1.66. The quantitative estimate of drug-likeness (QED) is 0.659. The van der Waals surface area contributed by atoms with Crippen LogP contribution in [0.2, 0.25) is 0 Å². The fourth-order valence-electron chi connectivity index (χ4n) is 2.49. The van der Waals surface area contributed by atoms with Crippen LogP contribution in [-0.2, 0) is 12.0 Å². The number of hydrogen-bond donors (Lipinski definition) is 0. The SMILES string of the molecule is CCc1cc2c(n1C(C)(C)C)=CCCC=2. The molecular formula is C14H21N. The molecule has 1 aliphatic carbocycles. The predicted octanol–water partition coefficient (Wildman–Crippen LogP) is 2.16. The fraction of sp³-hybridized carbons (Fsp3) is 0.571. The van der Waals surface area contributed by atoms with Gasteiger partial charge in [0.2, 0.25) is 0 Å². The van der Waals surface area contributed by atoms with E-state index in [1.807, 2.05) is 0 Å². The van der Waals surface area contributed by atoms with Gasteiger partial charge in [-0.25, -0.2) is 0 Å². The molecule has 1 heterocycles. The molecular weight excluding hydrogens is 182 g/mol. The minimum atomic E-state index is 0.195. The molecule has 0 atom stereocenters. The van der Waals surface area contributed by atoms with E-state index < -0.39 is 0 Å². The molecule has 15 heavy (non-hydrogen) atoms. The number of fused-ring (bicyclic) bond motifs is 1. The Morgan fingerprint density at radius 2 is 1.87 bits per heavy atom. The van der Waals surface area contributed by atoms with Crippen LogP contribution in [0.1, 0.15) is 46.2 Å². The van der Waals surface area contributed by atoms with Crippen molar-refractivity contribution < 1.29 is 0 Å². The first-order valence-electron chi connectivity index (χ1n) is 5.95. The molecule has 1 aromatic heterocycles. The van der Waals surface area contributed by atoms with Crippen molar-refractivity contribution in [3.8, 4) is 0 Å². The fourth-order valence-corrected chi connectivity index (χ4v) is 2.49. The van der Waals surface area contributed by atoms with E-state index in [0.29, 0.717) is 0 Å². The highest BCUT2D eigenvalue weighted by Gasteiger charge is 2.18. The van der Waals surface area contributed by atoms with E-state index in [9.17, 15) is 0 Å². The van der Waals surface area contributed by atoms with E-state index in [2.05, 4.69) is 50.5 Å². The van der Waals surface area contributed by atoms with Crippen molar-refractivity contribution in [1.82, 2.24) is 4.57 Å². The van der Waals surface area contributed by atoms with Crippen LogP contribution in [0, 0.1) is 0 Å². The maximum atomic E-state index is 2.50. The van der Waals surface area contributed by atoms with E-state index in [-0.39, 0.29) is 5.54 Å². The summed E-state index contributed by atoms with van der Waals surface area (Å²) in [6.07, 6.45) is 8.27. The van der Waals surface area contributed by atoms with Gasteiger partial charge in [0, 0.05) is 16.6 Å². The molecule has 1 nitrogen and oxygen atoms in total. The minimum Gasteiger partial charge on any atom is -0.340 e. The molecule has 0 unspecified atom stereocenters. The third kappa shape index (κ3) is 1.75. The second-order valence-electron chi connectivity index (χ2n) is 5.32. The molecule has 0 bridgehead atoms. The molecule has 0 aliphatic heterocycles. The van der Waals surface area contributed by atoms with Crippen LogP contribution in [-0.4, -0.2) is 4.57 Å². The van der Waals surface area contributed by atoms with E-state index in [1.165, 1.54) is 29.1 Å². The summed E-state index contributed by atoms with van der Waals surface area (Å²) in [6.45, 7) is 9.10. The molecule has 0 spiro atoms. The second kappa shape index (κ2) is 3.55. The summed E-state index contributed by atoms with van der Waals surface area (Å²) < 4.78 is 2.50. The first-order chi connectivity index (χ1) is 7.04. The zero-order valence-corrected chi connectivity index (χ0v) is 10.3. The Labute approximate surface area is 92.1 Å². The molecule has 0 saturated carbocycles. The third-order valence-corrected chi connectivity index (χ3v) is 3.05. The highest BCUT2D eigenvalue weighted by Crippen LogP contribution is 2.14. The average Bonchev–Trinajstić information content (AvgIpc) is 2.54. The Kier molecular flexibility index (Phi) is 2.49. The number of rotatable bonds is 1. The van der Waals surface area contributed by atoms with Gasteiger partial charge in [-0.2, -0.15) is 0 Å². The largest absolute Gasteiger partial charge is 0.340 e. The maximum Gasteiger partial charge on any atom is 0.0443 e. The van der Waals surface area contributed by atoms with Crippen LogP contribution in [0.5, 0.6) is 0 Å². The standard InChI is InChI=1S/C14H21N/c1-5-12-10-11-8-6-7-9-13(11)15(12)14(2,3)4/h8-10H,5-7H2,1-4H3. The lowest BCUT2D eigenvalue weighted by molar-refractivity contribution is 0.377. The van der Waals surface area contributed by atoms with Crippen molar-refractivity contribution in [2.75, 3.05) is 0 Å². The van der Waals surface area contributed by atoms with E-state index >= 15 is 0 Å². The molecule has 0 N–H and O–H groups in total. The Morgan fingerprint density at radius 1 is 1.20 bits per heavy atom. The zero-order chi connectivity index (χ0) is 11.1. The highest BCUT2D eigenvalue weighted by atomic mass is 15.0. The van der Waals surface area contributed by atoms with Crippen LogP contribution in [0.15, 0.2) is 6.07 Å². The van der Waals surface area contributed by atoms with Crippen LogP contribution in [0.25, 0.3) is 12.2 Å². The summed E-state index contributed by atoms with van der Waals surface area (Å²) in [6, 6.07) is 2.36. The molecule has 82 valence electrons. The first-order valence-corrected chi connectivity index (χ1v) is 5.95. The van der Waals surface area contributed by atoms with Gasteiger partial charge in [-0.1, -0.05) is 19.1 Å². The summed E-state index contributed by atoms with van der Waals surface area (Å²) in [7, 11) is 0. The average molecular weight is 203 g/mol. The summed E-state index contributed by atoms with van der Waals surface area (Å²) in [4.78, 5) is 0. The second-order valence-corrected chi connectivity index (χ2v) is 5.32.